The van der Waals surface area contributed by atoms with Gasteiger partial charge in [0.05, 0.1) is 31.9 Å². The van der Waals surface area contributed by atoms with Crippen LogP contribution in [0.25, 0.3) is 0 Å². The molecular formula is C19H19N3O5. The monoisotopic (exact) mass is 369 g/mol. The van der Waals surface area contributed by atoms with Gasteiger partial charge in [-0.1, -0.05) is 12.1 Å². The second kappa shape index (κ2) is 7.77. The van der Waals surface area contributed by atoms with Crippen molar-refractivity contribution in [3.8, 4) is 11.5 Å². The van der Waals surface area contributed by atoms with Crippen LogP contribution in [0, 0.1) is 0 Å². The highest BCUT2D eigenvalue weighted by atomic mass is 16.5. The molecular weight excluding hydrogens is 350 g/mol. The maximum absolute atomic E-state index is 12.4. The number of carbonyl (C=O) groups excluding carboxylic acids is 3. The highest BCUT2D eigenvalue weighted by molar-refractivity contribution is 6.11. The van der Waals surface area contributed by atoms with E-state index >= 15 is 0 Å². The Balaban J connectivity index is 1.69. The Morgan fingerprint density at radius 3 is 2.56 bits per heavy atom. The van der Waals surface area contributed by atoms with E-state index in [1.54, 1.807) is 42.5 Å². The molecule has 0 unspecified atom stereocenters. The molecule has 140 valence electrons. The van der Waals surface area contributed by atoms with Crippen LogP contribution in [0.3, 0.4) is 0 Å². The number of nitrogens with one attached hydrogen (secondary N) is 3. The first-order chi connectivity index (χ1) is 13.0. The van der Waals surface area contributed by atoms with Crippen molar-refractivity contribution in [1.82, 2.24) is 5.32 Å². The summed E-state index contributed by atoms with van der Waals surface area (Å²) in [6, 6.07) is 10.6. The summed E-state index contributed by atoms with van der Waals surface area (Å²) < 4.78 is 10.3. The minimum Gasteiger partial charge on any atom is -0.493 e. The number of anilines is 2. The van der Waals surface area contributed by atoms with E-state index in [4.69, 9.17) is 9.47 Å². The molecule has 27 heavy (non-hydrogen) atoms. The lowest BCUT2D eigenvalue weighted by molar-refractivity contribution is -0.122. The Bertz CT molecular complexity index is 897. The van der Waals surface area contributed by atoms with Gasteiger partial charge >= 0.3 is 0 Å². The van der Waals surface area contributed by atoms with Gasteiger partial charge in [0.25, 0.3) is 5.91 Å². The summed E-state index contributed by atoms with van der Waals surface area (Å²) in [4.78, 5) is 37.0. The van der Waals surface area contributed by atoms with E-state index in [9.17, 15) is 14.4 Å². The van der Waals surface area contributed by atoms with Gasteiger partial charge in [0, 0.05) is 11.8 Å². The first-order valence-corrected chi connectivity index (χ1v) is 8.24. The number of carbonyl (C=O) groups is 3. The predicted octanol–water partition coefficient (Wildman–Crippen LogP) is 1.78. The van der Waals surface area contributed by atoms with Crippen molar-refractivity contribution in [2.75, 3.05) is 24.9 Å². The standard InChI is InChI=1S/C19H19N3O5/c1-26-15-8-7-11(9-16(15)27-2)20-17(23)10-14-19(25)21-13-6-4-3-5-12(13)18(24)22-14/h3-9,14H,10H2,1-2H3,(H,20,23)(H,21,25)(H,22,24)/t14-/m0/s1. The van der Waals surface area contributed by atoms with Crippen molar-refractivity contribution in [3.05, 3.63) is 48.0 Å². The number of ether oxygens (including phenoxy) is 2. The molecule has 1 atom stereocenters. The molecule has 0 aliphatic carbocycles. The van der Waals surface area contributed by atoms with Crippen molar-refractivity contribution in [1.29, 1.82) is 0 Å². The molecule has 2 aromatic rings. The number of amides is 3. The number of hydrogen-bond donors (Lipinski definition) is 3. The maximum atomic E-state index is 12.4. The zero-order chi connectivity index (χ0) is 19.4. The van der Waals surface area contributed by atoms with Crippen LogP contribution in [-0.4, -0.2) is 38.0 Å². The molecule has 0 saturated carbocycles. The molecule has 2 aromatic carbocycles. The van der Waals surface area contributed by atoms with Gasteiger partial charge in [-0.05, 0) is 24.3 Å². The van der Waals surface area contributed by atoms with Crippen LogP contribution in [0.15, 0.2) is 42.5 Å². The first-order valence-electron chi connectivity index (χ1n) is 8.24. The van der Waals surface area contributed by atoms with Gasteiger partial charge in [0.15, 0.2) is 11.5 Å². The summed E-state index contributed by atoms with van der Waals surface area (Å²) in [6.07, 6.45) is -0.208. The zero-order valence-electron chi connectivity index (χ0n) is 14.9. The molecule has 0 aromatic heterocycles. The number of fused-ring (bicyclic) bond motifs is 1. The van der Waals surface area contributed by atoms with E-state index < -0.39 is 23.8 Å². The summed E-state index contributed by atoms with van der Waals surface area (Å²) in [5.74, 6) is -0.285. The minimum absolute atomic E-state index is 0.208. The van der Waals surface area contributed by atoms with Crippen LogP contribution in [0.1, 0.15) is 16.8 Å². The molecule has 3 N–H and O–H groups in total. The van der Waals surface area contributed by atoms with Gasteiger partial charge in [-0.15, -0.1) is 0 Å². The molecule has 8 heteroatoms. The summed E-state index contributed by atoms with van der Waals surface area (Å²) >= 11 is 0. The molecule has 1 aliphatic heterocycles. The molecule has 0 fully saturated rings. The fraction of sp³-hybridized carbons (Fsp3) is 0.211. The molecule has 0 spiro atoms. The fourth-order valence-corrected chi connectivity index (χ4v) is 2.77. The van der Waals surface area contributed by atoms with Gasteiger partial charge in [0.1, 0.15) is 6.04 Å². The van der Waals surface area contributed by atoms with Gasteiger partial charge in [-0.2, -0.15) is 0 Å². The average Bonchev–Trinajstić information content (AvgIpc) is 2.78. The molecule has 0 radical (unpaired) electrons. The lowest BCUT2D eigenvalue weighted by Gasteiger charge is -2.15. The third-order valence-electron chi connectivity index (χ3n) is 4.11. The third-order valence-corrected chi connectivity index (χ3v) is 4.11. The highest BCUT2D eigenvalue weighted by Crippen LogP contribution is 2.29. The normalized spacial score (nSPS) is 15.7. The van der Waals surface area contributed by atoms with Crippen molar-refractivity contribution in [2.24, 2.45) is 0 Å². The lowest BCUT2D eigenvalue weighted by atomic mass is 10.1. The van der Waals surface area contributed by atoms with Crippen LogP contribution in [-0.2, 0) is 9.59 Å². The van der Waals surface area contributed by atoms with Crippen molar-refractivity contribution in [2.45, 2.75) is 12.5 Å². The van der Waals surface area contributed by atoms with E-state index in [1.807, 2.05) is 0 Å². The van der Waals surface area contributed by atoms with Crippen molar-refractivity contribution < 1.29 is 23.9 Å². The van der Waals surface area contributed by atoms with E-state index in [1.165, 1.54) is 14.2 Å². The Kier molecular flexibility index (Phi) is 5.25. The number of benzene rings is 2. The van der Waals surface area contributed by atoms with Crippen LogP contribution in [0.4, 0.5) is 11.4 Å². The van der Waals surface area contributed by atoms with Gasteiger partial charge in [-0.3, -0.25) is 14.4 Å². The largest absolute Gasteiger partial charge is 0.493 e. The smallest absolute Gasteiger partial charge is 0.254 e. The van der Waals surface area contributed by atoms with Crippen LogP contribution < -0.4 is 25.4 Å². The summed E-state index contributed by atoms with van der Waals surface area (Å²) in [5.41, 5.74) is 1.26. The summed E-state index contributed by atoms with van der Waals surface area (Å²) in [5, 5.41) is 7.94. The molecule has 0 saturated heterocycles. The summed E-state index contributed by atoms with van der Waals surface area (Å²) in [6.45, 7) is 0. The zero-order valence-corrected chi connectivity index (χ0v) is 14.9. The second-order valence-electron chi connectivity index (χ2n) is 5.88. The van der Waals surface area contributed by atoms with Crippen LogP contribution >= 0.6 is 0 Å². The second-order valence-corrected chi connectivity index (χ2v) is 5.88. The van der Waals surface area contributed by atoms with Crippen LogP contribution in [0.2, 0.25) is 0 Å². The highest BCUT2D eigenvalue weighted by Gasteiger charge is 2.29. The van der Waals surface area contributed by atoms with Crippen molar-refractivity contribution >= 4 is 29.1 Å². The number of hydrogen-bond acceptors (Lipinski definition) is 5. The van der Waals surface area contributed by atoms with Crippen LogP contribution in [0.5, 0.6) is 11.5 Å². The van der Waals surface area contributed by atoms with Gasteiger partial charge in [-0.25, -0.2) is 0 Å². The molecule has 0 bridgehead atoms. The van der Waals surface area contributed by atoms with Gasteiger partial charge in [0.2, 0.25) is 11.8 Å². The Morgan fingerprint density at radius 2 is 1.81 bits per heavy atom. The minimum atomic E-state index is -0.981. The topological polar surface area (TPSA) is 106 Å². The number of rotatable bonds is 5. The molecule has 1 aliphatic rings. The molecule has 8 nitrogen and oxygen atoms in total. The third kappa shape index (κ3) is 4.00. The Hall–Kier alpha value is -3.55. The SMILES string of the molecule is COc1ccc(NC(=O)C[C@@H]2NC(=O)c3ccccc3NC2=O)cc1OC. The molecule has 3 rings (SSSR count). The van der Waals surface area contributed by atoms with E-state index in [-0.39, 0.29) is 6.42 Å². The number of methoxy groups -OCH3 is 2. The number of para-hydroxylation sites is 1. The Morgan fingerprint density at radius 1 is 1.07 bits per heavy atom. The van der Waals surface area contributed by atoms with Gasteiger partial charge < -0.3 is 25.4 Å². The first kappa shape index (κ1) is 18.2. The molecule has 3 amide bonds. The Labute approximate surface area is 155 Å². The van der Waals surface area contributed by atoms with E-state index in [0.717, 1.165) is 0 Å². The summed E-state index contributed by atoms with van der Waals surface area (Å²) in [7, 11) is 3.01. The molecule has 1 heterocycles. The maximum Gasteiger partial charge on any atom is 0.254 e. The van der Waals surface area contributed by atoms with E-state index in [2.05, 4.69) is 16.0 Å². The average molecular weight is 369 g/mol. The fourth-order valence-electron chi connectivity index (χ4n) is 2.77. The lowest BCUT2D eigenvalue weighted by Crippen LogP contribution is -2.43. The van der Waals surface area contributed by atoms with Crippen molar-refractivity contribution in [3.63, 3.8) is 0 Å². The predicted molar refractivity (Wildman–Crippen MR) is 99.1 cm³/mol. The van der Waals surface area contributed by atoms with E-state index in [0.29, 0.717) is 28.4 Å². The quantitative estimate of drug-likeness (QED) is 0.745.